The molecule has 0 aromatic heterocycles. The molecule has 0 aromatic rings. The van der Waals surface area contributed by atoms with Crippen molar-refractivity contribution in [2.45, 2.75) is 51.1 Å². The standard InChI is InChI=1S/C12H22N2O3/c1-9(8-12(16)17-2)13-7-3-4-11(15)14-10-5-6-10/h9-10,13H,3-8H2,1-2H3,(H,14,15). The van der Waals surface area contributed by atoms with Crippen LogP contribution >= 0.6 is 0 Å². The number of hydrogen-bond donors (Lipinski definition) is 2. The predicted molar refractivity (Wildman–Crippen MR) is 64.5 cm³/mol. The molecular formula is C12H22N2O3. The molecule has 5 heteroatoms. The SMILES string of the molecule is COC(=O)CC(C)NCCCC(=O)NC1CC1. The van der Waals surface area contributed by atoms with E-state index in [1.165, 1.54) is 7.11 Å². The highest BCUT2D eigenvalue weighted by Crippen LogP contribution is 2.18. The van der Waals surface area contributed by atoms with Crippen LogP contribution < -0.4 is 10.6 Å². The highest BCUT2D eigenvalue weighted by Gasteiger charge is 2.22. The van der Waals surface area contributed by atoms with E-state index in [2.05, 4.69) is 15.4 Å². The van der Waals surface area contributed by atoms with E-state index in [-0.39, 0.29) is 17.9 Å². The second-order valence-electron chi connectivity index (χ2n) is 4.58. The first-order valence-electron chi connectivity index (χ1n) is 6.21. The van der Waals surface area contributed by atoms with Gasteiger partial charge in [0.1, 0.15) is 0 Å². The molecule has 0 aromatic carbocycles. The van der Waals surface area contributed by atoms with Crippen LogP contribution in [0.5, 0.6) is 0 Å². The number of amides is 1. The van der Waals surface area contributed by atoms with Crippen molar-refractivity contribution >= 4 is 11.9 Å². The molecule has 0 radical (unpaired) electrons. The number of esters is 1. The molecule has 0 aliphatic heterocycles. The minimum absolute atomic E-state index is 0.0916. The molecule has 2 N–H and O–H groups in total. The second-order valence-corrected chi connectivity index (χ2v) is 4.58. The van der Waals surface area contributed by atoms with Gasteiger partial charge < -0.3 is 15.4 Å². The predicted octanol–water partition coefficient (Wildman–Crippen LogP) is 0.586. The molecule has 1 unspecified atom stereocenters. The molecule has 1 atom stereocenters. The van der Waals surface area contributed by atoms with Gasteiger partial charge >= 0.3 is 5.97 Å². The molecule has 0 saturated heterocycles. The van der Waals surface area contributed by atoms with Gasteiger partial charge in [0.15, 0.2) is 0 Å². The number of ether oxygens (including phenoxy) is 1. The molecule has 98 valence electrons. The molecule has 0 spiro atoms. The average Bonchev–Trinajstić information content (AvgIpc) is 3.08. The van der Waals surface area contributed by atoms with E-state index in [0.717, 1.165) is 25.8 Å². The van der Waals surface area contributed by atoms with Crippen LogP contribution in [0.3, 0.4) is 0 Å². The lowest BCUT2D eigenvalue weighted by Crippen LogP contribution is -2.31. The van der Waals surface area contributed by atoms with Crippen LogP contribution in [-0.4, -0.2) is 37.6 Å². The summed E-state index contributed by atoms with van der Waals surface area (Å²) in [7, 11) is 1.39. The van der Waals surface area contributed by atoms with Crippen molar-refractivity contribution in [1.82, 2.24) is 10.6 Å². The molecule has 1 amide bonds. The topological polar surface area (TPSA) is 67.4 Å². The van der Waals surface area contributed by atoms with Crippen LogP contribution in [-0.2, 0) is 14.3 Å². The molecule has 17 heavy (non-hydrogen) atoms. The monoisotopic (exact) mass is 242 g/mol. The molecule has 1 aliphatic rings. The quantitative estimate of drug-likeness (QED) is 0.483. The fourth-order valence-corrected chi connectivity index (χ4v) is 1.53. The molecule has 0 heterocycles. The lowest BCUT2D eigenvalue weighted by atomic mass is 10.2. The third-order valence-corrected chi connectivity index (χ3v) is 2.72. The van der Waals surface area contributed by atoms with Gasteiger partial charge in [0.25, 0.3) is 0 Å². The fourth-order valence-electron chi connectivity index (χ4n) is 1.53. The van der Waals surface area contributed by atoms with Crippen molar-refractivity contribution in [3.63, 3.8) is 0 Å². The summed E-state index contributed by atoms with van der Waals surface area (Å²) in [6.45, 7) is 2.68. The van der Waals surface area contributed by atoms with Crippen LogP contribution in [0.4, 0.5) is 0 Å². The number of hydrogen-bond acceptors (Lipinski definition) is 4. The van der Waals surface area contributed by atoms with Crippen molar-refractivity contribution in [1.29, 1.82) is 0 Å². The molecular weight excluding hydrogens is 220 g/mol. The van der Waals surface area contributed by atoms with Crippen molar-refractivity contribution in [3.8, 4) is 0 Å². The van der Waals surface area contributed by atoms with E-state index >= 15 is 0 Å². The third kappa shape index (κ3) is 6.94. The Labute approximate surface area is 102 Å². The maximum Gasteiger partial charge on any atom is 0.307 e. The van der Waals surface area contributed by atoms with Gasteiger partial charge in [-0.05, 0) is 32.7 Å². The van der Waals surface area contributed by atoms with Gasteiger partial charge in [-0.2, -0.15) is 0 Å². The molecule has 1 fully saturated rings. The highest BCUT2D eigenvalue weighted by atomic mass is 16.5. The minimum atomic E-state index is -0.212. The van der Waals surface area contributed by atoms with E-state index in [4.69, 9.17) is 0 Å². The Kier molecular flexibility index (Phi) is 5.97. The van der Waals surface area contributed by atoms with E-state index in [0.29, 0.717) is 18.9 Å². The Morgan fingerprint density at radius 1 is 1.41 bits per heavy atom. The highest BCUT2D eigenvalue weighted by molar-refractivity contribution is 5.76. The normalized spacial score (nSPS) is 16.4. The molecule has 1 rings (SSSR count). The summed E-state index contributed by atoms with van der Waals surface area (Å²) >= 11 is 0. The lowest BCUT2D eigenvalue weighted by Gasteiger charge is -2.12. The zero-order chi connectivity index (χ0) is 12.7. The van der Waals surface area contributed by atoms with Gasteiger partial charge in [-0.15, -0.1) is 0 Å². The zero-order valence-corrected chi connectivity index (χ0v) is 10.6. The summed E-state index contributed by atoms with van der Waals surface area (Å²) in [5, 5.41) is 6.13. The maximum absolute atomic E-state index is 11.3. The van der Waals surface area contributed by atoms with Gasteiger partial charge in [-0.1, -0.05) is 0 Å². The van der Waals surface area contributed by atoms with Crippen LogP contribution in [0.2, 0.25) is 0 Å². The Morgan fingerprint density at radius 3 is 2.71 bits per heavy atom. The number of rotatable bonds is 8. The van der Waals surface area contributed by atoms with Crippen LogP contribution in [0.25, 0.3) is 0 Å². The molecule has 1 saturated carbocycles. The average molecular weight is 242 g/mol. The van der Waals surface area contributed by atoms with Crippen LogP contribution in [0.1, 0.15) is 39.0 Å². The first-order chi connectivity index (χ1) is 8.11. The second kappa shape index (κ2) is 7.27. The largest absolute Gasteiger partial charge is 0.469 e. The Balaban J connectivity index is 1.95. The van der Waals surface area contributed by atoms with Gasteiger partial charge in [0.2, 0.25) is 5.91 Å². The Hall–Kier alpha value is -1.10. The summed E-state index contributed by atoms with van der Waals surface area (Å²) in [6.07, 6.45) is 3.96. The van der Waals surface area contributed by atoms with Gasteiger partial charge in [-0.25, -0.2) is 0 Å². The molecule has 0 bridgehead atoms. The summed E-state index contributed by atoms with van der Waals surface area (Å²) in [4.78, 5) is 22.3. The van der Waals surface area contributed by atoms with Gasteiger partial charge in [0, 0.05) is 18.5 Å². The van der Waals surface area contributed by atoms with Gasteiger partial charge in [0.05, 0.1) is 13.5 Å². The van der Waals surface area contributed by atoms with Gasteiger partial charge in [-0.3, -0.25) is 9.59 Å². The van der Waals surface area contributed by atoms with E-state index in [1.807, 2.05) is 6.92 Å². The number of carbonyl (C=O) groups is 2. The van der Waals surface area contributed by atoms with E-state index < -0.39 is 0 Å². The number of methoxy groups -OCH3 is 1. The van der Waals surface area contributed by atoms with E-state index in [1.54, 1.807) is 0 Å². The van der Waals surface area contributed by atoms with E-state index in [9.17, 15) is 9.59 Å². The smallest absolute Gasteiger partial charge is 0.307 e. The first kappa shape index (κ1) is 14.0. The summed E-state index contributed by atoms with van der Waals surface area (Å²) < 4.78 is 4.57. The number of carbonyl (C=O) groups excluding carboxylic acids is 2. The molecule has 1 aliphatic carbocycles. The maximum atomic E-state index is 11.3. The lowest BCUT2D eigenvalue weighted by molar-refractivity contribution is -0.141. The van der Waals surface area contributed by atoms with Crippen molar-refractivity contribution < 1.29 is 14.3 Å². The summed E-state index contributed by atoms with van der Waals surface area (Å²) in [6, 6.07) is 0.530. The van der Waals surface area contributed by atoms with Crippen molar-refractivity contribution in [2.75, 3.05) is 13.7 Å². The fraction of sp³-hybridized carbons (Fsp3) is 0.833. The summed E-state index contributed by atoms with van der Waals surface area (Å²) in [5.41, 5.74) is 0. The van der Waals surface area contributed by atoms with Crippen molar-refractivity contribution in [3.05, 3.63) is 0 Å². The molecule has 5 nitrogen and oxygen atoms in total. The third-order valence-electron chi connectivity index (χ3n) is 2.72. The van der Waals surface area contributed by atoms with Crippen LogP contribution in [0.15, 0.2) is 0 Å². The number of nitrogens with one attached hydrogen (secondary N) is 2. The zero-order valence-electron chi connectivity index (χ0n) is 10.6. The van der Waals surface area contributed by atoms with Crippen LogP contribution in [0, 0.1) is 0 Å². The first-order valence-corrected chi connectivity index (χ1v) is 6.21. The Bertz CT molecular complexity index is 264. The Morgan fingerprint density at radius 2 is 2.12 bits per heavy atom. The van der Waals surface area contributed by atoms with Crippen molar-refractivity contribution in [2.24, 2.45) is 0 Å². The summed E-state index contributed by atoms with van der Waals surface area (Å²) in [5.74, 6) is -0.0774. The minimum Gasteiger partial charge on any atom is -0.469 e.